The van der Waals surface area contributed by atoms with Crippen LogP contribution in [0.25, 0.3) is 0 Å². The van der Waals surface area contributed by atoms with Gasteiger partial charge in [0.05, 0.1) is 0 Å². The Morgan fingerprint density at radius 1 is 1.11 bits per heavy atom. The third kappa shape index (κ3) is 3.11. The maximum Gasteiger partial charge on any atom is 0.0398 e. The lowest BCUT2D eigenvalue weighted by atomic mass is 9.88. The zero-order chi connectivity index (χ0) is 14.2. The number of benzene rings is 1. The topological polar surface area (TPSA) is 15.3 Å². The summed E-state index contributed by atoms with van der Waals surface area (Å²) in [6.45, 7) is 12.4. The van der Waals surface area contributed by atoms with Crippen molar-refractivity contribution in [3.63, 3.8) is 0 Å². The van der Waals surface area contributed by atoms with Gasteiger partial charge in [0.15, 0.2) is 0 Å². The highest BCUT2D eigenvalue weighted by Crippen LogP contribution is 2.29. The fourth-order valence-electron chi connectivity index (χ4n) is 3.19. The van der Waals surface area contributed by atoms with Crippen LogP contribution in [0.15, 0.2) is 12.1 Å². The minimum atomic E-state index is 0.255. The van der Waals surface area contributed by atoms with E-state index in [1.54, 1.807) is 0 Å². The second-order valence-corrected chi connectivity index (χ2v) is 6.79. The van der Waals surface area contributed by atoms with Crippen LogP contribution in [-0.4, -0.2) is 25.2 Å². The van der Waals surface area contributed by atoms with Crippen molar-refractivity contribution < 1.29 is 0 Å². The normalized spacial score (nSPS) is 22.3. The predicted octanol–water partition coefficient (Wildman–Crippen LogP) is 3.58. The Labute approximate surface area is 118 Å². The molecule has 2 heteroatoms. The predicted molar refractivity (Wildman–Crippen MR) is 84.2 cm³/mol. The summed E-state index contributed by atoms with van der Waals surface area (Å²) >= 11 is 0. The molecule has 1 aromatic rings. The second kappa shape index (κ2) is 5.16. The molecule has 0 saturated carbocycles. The van der Waals surface area contributed by atoms with Crippen LogP contribution in [0.3, 0.4) is 0 Å². The molecule has 2 nitrogen and oxygen atoms in total. The molecule has 1 heterocycles. The van der Waals surface area contributed by atoms with Gasteiger partial charge in [-0.1, -0.05) is 6.07 Å². The molecule has 0 bridgehead atoms. The molecular formula is C17H28N2. The first-order chi connectivity index (χ1) is 8.80. The van der Waals surface area contributed by atoms with Crippen LogP contribution in [0.1, 0.15) is 43.4 Å². The number of hydrogen-bond acceptors (Lipinski definition) is 2. The number of anilines is 1. The number of aryl methyl sites for hydroxylation is 3. The first-order valence-electron chi connectivity index (χ1n) is 7.36. The molecule has 0 aromatic heterocycles. The van der Waals surface area contributed by atoms with E-state index < -0.39 is 0 Å². The minimum Gasteiger partial charge on any atom is -0.371 e. The van der Waals surface area contributed by atoms with E-state index in [-0.39, 0.29) is 5.54 Å². The van der Waals surface area contributed by atoms with Gasteiger partial charge in [-0.15, -0.1) is 0 Å². The molecule has 1 aromatic carbocycles. The van der Waals surface area contributed by atoms with E-state index in [1.807, 2.05) is 0 Å². The van der Waals surface area contributed by atoms with Gasteiger partial charge >= 0.3 is 0 Å². The summed E-state index contributed by atoms with van der Waals surface area (Å²) in [5.74, 6) is 0. The van der Waals surface area contributed by atoms with Crippen molar-refractivity contribution in [1.82, 2.24) is 5.32 Å². The molecule has 1 fully saturated rings. The highest BCUT2D eigenvalue weighted by Gasteiger charge is 2.30. The fraction of sp³-hybridized carbons (Fsp3) is 0.647. The van der Waals surface area contributed by atoms with Gasteiger partial charge in [-0.25, -0.2) is 0 Å². The van der Waals surface area contributed by atoms with Crippen molar-refractivity contribution in [2.24, 2.45) is 0 Å². The Balaban J connectivity index is 2.24. The average molecular weight is 260 g/mol. The number of nitrogens with one attached hydrogen (secondary N) is 1. The molecule has 1 atom stereocenters. The van der Waals surface area contributed by atoms with Crippen LogP contribution >= 0.6 is 0 Å². The molecule has 1 N–H and O–H groups in total. The van der Waals surface area contributed by atoms with Crippen molar-refractivity contribution in [2.45, 2.75) is 59.0 Å². The molecule has 106 valence electrons. The number of hydrogen-bond donors (Lipinski definition) is 1. The minimum absolute atomic E-state index is 0.255. The largest absolute Gasteiger partial charge is 0.371 e. The molecule has 0 radical (unpaired) electrons. The molecule has 2 rings (SSSR count). The van der Waals surface area contributed by atoms with E-state index in [4.69, 9.17) is 0 Å². The van der Waals surface area contributed by atoms with Crippen LogP contribution in [0.5, 0.6) is 0 Å². The molecule has 1 aliphatic heterocycles. The van der Waals surface area contributed by atoms with E-state index in [1.165, 1.54) is 35.2 Å². The van der Waals surface area contributed by atoms with Crippen LogP contribution in [0, 0.1) is 20.8 Å². The summed E-state index contributed by atoms with van der Waals surface area (Å²) in [6.07, 6.45) is 2.43. The monoisotopic (exact) mass is 260 g/mol. The SMILES string of the molecule is Cc1cc(C)c(N(C)C2CCNC(C)(C)C2)cc1C. The zero-order valence-corrected chi connectivity index (χ0v) is 13.3. The molecular weight excluding hydrogens is 232 g/mol. The summed E-state index contributed by atoms with van der Waals surface area (Å²) < 4.78 is 0. The number of piperidine rings is 1. The van der Waals surface area contributed by atoms with Crippen LogP contribution in [0.4, 0.5) is 5.69 Å². The Hall–Kier alpha value is -1.02. The van der Waals surface area contributed by atoms with Crippen LogP contribution < -0.4 is 10.2 Å². The molecule has 1 aliphatic rings. The Bertz CT molecular complexity index is 463. The summed E-state index contributed by atoms with van der Waals surface area (Å²) in [5.41, 5.74) is 5.82. The Kier molecular flexibility index (Phi) is 3.91. The number of rotatable bonds is 2. The maximum absolute atomic E-state index is 3.60. The zero-order valence-electron chi connectivity index (χ0n) is 13.3. The van der Waals surface area contributed by atoms with Crippen molar-refractivity contribution in [2.75, 3.05) is 18.5 Å². The quantitative estimate of drug-likeness (QED) is 0.874. The van der Waals surface area contributed by atoms with Gasteiger partial charge in [-0.2, -0.15) is 0 Å². The third-order valence-corrected chi connectivity index (χ3v) is 4.57. The highest BCUT2D eigenvalue weighted by atomic mass is 15.2. The van der Waals surface area contributed by atoms with Gasteiger partial charge in [-0.05, 0) is 76.8 Å². The van der Waals surface area contributed by atoms with Crippen LogP contribution in [0.2, 0.25) is 0 Å². The summed E-state index contributed by atoms with van der Waals surface area (Å²) in [4.78, 5) is 2.49. The smallest absolute Gasteiger partial charge is 0.0398 e. The van der Waals surface area contributed by atoms with E-state index in [0.29, 0.717) is 6.04 Å². The van der Waals surface area contributed by atoms with Gasteiger partial charge in [0.2, 0.25) is 0 Å². The van der Waals surface area contributed by atoms with E-state index in [9.17, 15) is 0 Å². The van der Waals surface area contributed by atoms with Crippen molar-refractivity contribution in [3.8, 4) is 0 Å². The Morgan fingerprint density at radius 2 is 1.74 bits per heavy atom. The summed E-state index contributed by atoms with van der Waals surface area (Å²) in [5, 5.41) is 3.60. The molecule has 19 heavy (non-hydrogen) atoms. The van der Waals surface area contributed by atoms with Gasteiger partial charge in [0.25, 0.3) is 0 Å². The van der Waals surface area contributed by atoms with Gasteiger partial charge < -0.3 is 10.2 Å². The molecule has 0 aliphatic carbocycles. The first-order valence-corrected chi connectivity index (χ1v) is 7.36. The average Bonchev–Trinajstić information content (AvgIpc) is 2.31. The second-order valence-electron chi connectivity index (χ2n) is 6.79. The van der Waals surface area contributed by atoms with Crippen molar-refractivity contribution in [3.05, 3.63) is 28.8 Å². The van der Waals surface area contributed by atoms with Gasteiger partial charge in [0.1, 0.15) is 0 Å². The van der Waals surface area contributed by atoms with Crippen molar-refractivity contribution in [1.29, 1.82) is 0 Å². The number of nitrogens with zero attached hydrogens (tertiary/aromatic N) is 1. The van der Waals surface area contributed by atoms with Crippen molar-refractivity contribution >= 4 is 5.69 Å². The van der Waals surface area contributed by atoms with Gasteiger partial charge in [0, 0.05) is 24.3 Å². The summed E-state index contributed by atoms with van der Waals surface area (Å²) in [6, 6.07) is 5.30. The first kappa shape index (κ1) is 14.4. The Morgan fingerprint density at radius 3 is 2.37 bits per heavy atom. The fourth-order valence-corrected chi connectivity index (χ4v) is 3.19. The molecule has 0 amide bonds. The maximum atomic E-state index is 3.60. The molecule has 1 saturated heterocycles. The third-order valence-electron chi connectivity index (χ3n) is 4.57. The van der Waals surface area contributed by atoms with Crippen LogP contribution in [-0.2, 0) is 0 Å². The standard InChI is InChI=1S/C17H28N2/c1-12-9-14(3)16(10-13(12)2)19(6)15-7-8-18-17(4,5)11-15/h9-10,15,18H,7-8,11H2,1-6H3. The molecule has 0 spiro atoms. The summed E-state index contributed by atoms with van der Waals surface area (Å²) in [7, 11) is 2.25. The lowest BCUT2D eigenvalue weighted by molar-refractivity contribution is 0.271. The molecule has 1 unspecified atom stereocenters. The lowest BCUT2D eigenvalue weighted by Crippen LogP contribution is -2.52. The van der Waals surface area contributed by atoms with E-state index in [0.717, 1.165) is 6.54 Å². The van der Waals surface area contributed by atoms with E-state index >= 15 is 0 Å². The highest BCUT2D eigenvalue weighted by molar-refractivity contribution is 5.57. The van der Waals surface area contributed by atoms with E-state index in [2.05, 4.69) is 64.0 Å². The van der Waals surface area contributed by atoms with Gasteiger partial charge in [-0.3, -0.25) is 0 Å². The lowest BCUT2D eigenvalue weighted by Gasteiger charge is -2.42.